The summed E-state index contributed by atoms with van der Waals surface area (Å²) in [5, 5.41) is 9.10. The predicted octanol–water partition coefficient (Wildman–Crippen LogP) is 2.50. The average molecular weight is 301 g/mol. The first kappa shape index (κ1) is 14.5. The van der Waals surface area contributed by atoms with Crippen LogP contribution in [-0.2, 0) is 11.3 Å². The smallest absolute Gasteiger partial charge is 0.268 e. The molecule has 0 saturated carbocycles. The van der Waals surface area contributed by atoms with Crippen molar-refractivity contribution in [2.75, 3.05) is 11.5 Å². The summed E-state index contributed by atoms with van der Waals surface area (Å²) >= 11 is 0. The van der Waals surface area contributed by atoms with Crippen molar-refractivity contribution in [1.82, 2.24) is 0 Å². The van der Waals surface area contributed by atoms with Gasteiger partial charge in [0.15, 0.2) is 6.10 Å². The highest BCUT2D eigenvalue weighted by Gasteiger charge is 2.33. The molecule has 0 aromatic heterocycles. The molecule has 1 atom stereocenters. The quantitative estimate of drug-likeness (QED) is 0.944. The third kappa shape index (κ3) is 2.80. The SMILES string of the molecule is O=C1C(CCO)Oc2ccccc2N1Cc1cccc(F)c1. The zero-order valence-corrected chi connectivity index (χ0v) is 11.9. The molecule has 1 amide bonds. The number of benzene rings is 2. The Morgan fingerprint density at radius 3 is 2.77 bits per heavy atom. The van der Waals surface area contributed by atoms with Gasteiger partial charge in [0, 0.05) is 13.0 Å². The standard InChI is InChI=1S/C17H16FNO3/c18-13-5-3-4-12(10-13)11-19-14-6-1-2-7-15(14)22-16(8-9-20)17(19)21/h1-7,10,16,20H,8-9,11H2. The second kappa shape index (κ2) is 6.15. The van der Waals surface area contributed by atoms with Gasteiger partial charge in [0.25, 0.3) is 5.91 Å². The number of para-hydroxylation sites is 2. The molecule has 1 N–H and O–H groups in total. The number of amides is 1. The lowest BCUT2D eigenvalue weighted by molar-refractivity contribution is -0.127. The van der Waals surface area contributed by atoms with Crippen LogP contribution in [-0.4, -0.2) is 23.7 Å². The summed E-state index contributed by atoms with van der Waals surface area (Å²) in [5.74, 6) is 0.0346. The minimum Gasteiger partial charge on any atom is -0.478 e. The highest BCUT2D eigenvalue weighted by Crippen LogP contribution is 2.35. The lowest BCUT2D eigenvalue weighted by Gasteiger charge is -2.34. The maximum Gasteiger partial charge on any atom is 0.268 e. The Balaban J connectivity index is 1.94. The summed E-state index contributed by atoms with van der Waals surface area (Å²) in [6, 6.07) is 13.4. The van der Waals surface area contributed by atoms with Crippen molar-refractivity contribution >= 4 is 11.6 Å². The van der Waals surface area contributed by atoms with Gasteiger partial charge in [-0.15, -0.1) is 0 Å². The van der Waals surface area contributed by atoms with Gasteiger partial charge in [0.1, 0.15) is 11.6 Å². The lowest BCUT2D eigenvalue weighted by Crippen LogP contribution is -2.45. The van der Waals surface area contributed by atoms with E-state index in [1.165, 1.54) is 12.1 Å². The third-order valence-corrected chi connectivity index (χ3v) is 3.59. The number of carbonyl (C=O) groups excluding carboxylic acids is 1. The Morgan fingerprint density at radius 2 is 2.00 bits per heavy atom. The summed E-state index contributed by atoms with van der Waals surface area (Å²) in [6.07, 6.45) is -0.485. The van der Waals surface area contributed by atoms with Crippen LogP contribution in [0, 0.1) is 5.82 Å². The van der Waals surface area contributed by atoms with Gasteiger partial charge in [-0.05, 0) is 29.8 Å². The molecule has 1 heterocycles. The zero-order valence-electron chi connectivity index (χ0n) is 11.9. The van der Waals surface area contributed by atoms with E-state index in [-0.39, 0.29) is 31.3 Å². The van der Waals surface area contributed by atoms with Crippen LogP contribution in [0.15, 0.2) is 48.5 Å². The summed E-state index contributed by atoms with van der Waals surface area (Å²) in [6.45, 7) is 0.130. The van der Waals surface area contributed by atoms with Crippen molar-refractivity contribution in [1.29, 1.82) is 0 Å². The second-order valence-corrected chi connectivity index (χ2v) is 5.14. The van der Waals surface area contributed by atoms with Crippen LogP contribution in [0.5, 0.6) is 5.75 Å². The average Bonchev–Trinajstić information content (AvgIpc) is 2.52. The molecule has 22 heavy (non-hydrogen) atoms. The summed E-state index contributed by atoms with van der Waals surface area (Å²) < 4.78 is 19.0. The van der Waals surface area contributed by atoms with Gasteiger partial charge in [-0.25, -0.2) is 4.39 Å². The molecule has 0 fully saturated rings. The van der Waals surface area contributed by atoms with Gasteiger partial charge in [-0.3, -0.25) is 4.79 Å². The first-order chi connectivity index (χ1) is 10.7. The molecule has 4 nitrogen and oxygen atoms in total. The molecule has 5 heteroatoms. The predicted molar refractivity (Wildman–Crippen MR) is 80.2 cm³/mol. The van der Waals surface area contributed by atoms with Crippen molar-refractivity contribution < 1.29 is 19.0 Å². The largest absolute Gasteiger partial charge is 0.478 e. The molecular formula is C17H16FNO3. The molecule has 0 radical (unpaired) electrons. The van der Waals surface area contributed by atoms with E-state index in [0.29, 0.717) is 17.0 Å². The number of anilines is 1. The van der Waals surface area contributed by atoms with E-state index in [9.17, 15) is 9.18 Å². The van der Waals surface area contributed by atoms with Crippen LogP contribution >= 0.6 is 0 Å². The van der Waals surface area contributed by atoms with Gasteiger partial charge in [0.2, 0.25) is 0 Å². The van der Waals surface area contributed by atoms with Crippen LogP contribution < -0.4 is 9.64 Å². The Kier molecular flexibility index (Phi) is 4.06. The fourth-order valence-electron chi connectivity index (χ4n) is 2.56. The maximum atomic E-state index is 13.4. The van der Waals surface area contributed by atoms with Gasteiger partial charge in [-0.1, -0.05) is 24.3 Å². The fourth-order valence-corrected chi connectivity index (χ4v) is 2.56. The van der Waals surface area contributed by atoms with Crippen molar-refractivity contribution in [2.45, 2.75) is 19.1 Å². The van der Waals surface area contributed by atoms with Crippen molar-refractivity contribution in [3.05, 3.63) is 59.9 Å². The van der Waals surface area contributed by atoms with Crippen molar-refractivity contribution in [3.63, 3.8) is 0 Å². The topological polar surface area (TPSA) is 49.8 Å². The monoisotopic (exact) mass is 301 g/mol. The van der Waals surface area contributed by atoms with Crippen LogP contribution in [0.1, 0.15) is 12.0 Å². The molecule has 2 aromatic carbocycles. The Morgan fingerprint density at radius 1 is 1.18 bits per heavy atom. The van der Waals surface area contributed by atoms with Crippen molar-refractivity contribution in [2.24, 2.45) is 0 Å². The summed E-state index contributed by atoms with van der Waals surface area (Å²) in [4.78, 5) is 14.1. The third-order valence-electron chi connectivity index (χ3n) is 3.59. The second-order valence-electron chi connectivity index (χ2n) is 5.14. The number of ether oxygens (including phenoxy) is 1. The first-order valence-electron chi connectivity index (χ1n) is 7.11. The molecule has 3 rings (SSSR count). The van der Waals surface area contributed by atoms with E-state index < -0.39 is 6.10 Å². The van der Waals surface area contributed by atoms with E-state index >= 15 is 0 Å². The lowest BCUT2D eigenvalue weighted by atomic mass is 10.1. The van der Waals surface area contributed by atoms with Gasteiger partial charge in [0.05, 0.1) is 12.2 Å². The molecule has 2 aromatic rings. The van der Waals surface area contributed by atoms with Gasteiger partial charge < -0.3 is 14.7 Å². The number of halogens is 1. The fraction of sp³-hybridized carbons (Fsp3) is 0.235. The minimum absolute atomic E-state index is 0.133. The Bertz CT molecular complexity index is 689. The minimum atomic E-state index is -0.714. The molecule has 114 valence electrons. The Labute approximate surface area is 127 Å². The summed E-state index contributed by atoms with van der Waals surface area (Å²) in [7, 11) is 0. The van der Waals surface area contributed by atoms with E-state index in [2.05, 4.69) is 0 Å². The normalized spacial score (nSPS) is 17.1. The van der Waals surface area contributed by atoms with Crippen molar-refractivity contribution in [3.8, 4) is 5.75 Å². The van der Waals surface area contributed by atoms with E-state index in [4.69, 9.17) is 9.84 Å². The Hall–Kier alpha value is -2.40. The number of rotatable bonds is 4. The number of aliphatic hydroxyl groups excluding tert-OH is 1. The van der Waals surface area contributed by atoms with Crippen LogP contribution in [0.4, 0.5) is 10.1 Å². The van der Waals surface area contributed by atoms with Crippen LogP contribution in [0.3, 0.4) is 0 Å². The highest BCUT2D eigenvalue weighted by molar-refractivity contribution is 5.99. The molecule has 0 saturated heterocycles. The zero-order chi connectivity index (χ0) is 15.5. The van der Waals surface area contributed by atoms with Gasteiger partial charge >= 0.3 is 0 Å². The number of nitrogens with zero attached hydrogens (tertiary/aromatic N) is 1. The molecule has 0 spiro atoms. The molecule has 1 aliphatic heterocycles. The first-order valence-corrected chi connectivity index (χ1v) is 7.11. The van der Waals surface area contributed by atoms with Gasteiger partial charge in [-0.2, -0.15) is 0 Å². The highest BCUT2D eigenvalue weighted by atomic mass is 19.1. The maximum absolute atomic E-state index is 13.4. The van der Waals surface area contributed by atoms with E-state index in [1.807, 2.05) is 12.1 Å². The van der Waals surface area contributed by atoms with Crippen LogP contribution in [0.25, 0.3) is 0 Å². The van der Waals surface area contributed by atoms with E-state index in [0.717, 1.165) is 0 Å². The number of fused-ring (bicyclic) bond motifs is 1. The number of hydrogen-bond donors (Lipinski definition) is 1. The molecule has 1 unspecified atom stereocenters. The number of hydrogen-bond acceptors (Lipinski definition) is 3. The van der Waals surface area contributed by atoms with Crippen LogP contribution in [0.2, 0.25) is 0 Å². The number of aliphatic hydroxyl groups is 1. The summed E-state index contributed by atoms with van der Waals surface area (Å²) in [5.41, 5.74) is 1.36. The molecular weight excluding hydrogens is 285 g/mol. The number of carbonyl (C=O) groups is 1. The molecule has 0 bridgehead atoms. The molecule has 1 aliphatic rings. The molecule has 0 aliphatic carbocycles. The van der Waals surface area contributed by atoms with E-state index in [1.54, 1.807) is 29.2 Å².